The number of carbonyl (C=O) groups is 1. The lowest BCUT2D eigenvalue weighted by Gasteiger charge is -2.23. The molecule has 2 N–H and O–H groups in total. The van der Waals surface area contributed by atoms with Crippen molar-refractivity contribution in [1.82, 2.24) is 5.32 Å². The quantitative estimate of drug-likeness (QED) is 0.764. The zero-order chi connectivity index (χ0) is 13.4. The van der Waals surface area contributed by atoms with Gasteiger partial charge >= 0.3 is 5.97 Å². The average molecular weight is 255 g/mol. The second-order valence-corrected chi connectivity index (χ2v) is 6.11. The molecular formula is C15H29NO2. The molecule has 1 aliphatic carbocycles. The van der Waals surface area contributed by atoms with Crippen LogP contribution in [0, 0.1) is 11.8 Å². The van der Waals surface area contributed by atoms with Crippen LogP contribution in [-0.2, 0) is 4.79 Å². The van der Waals surface area contributed by atoms with Crippen LogP contribution in [0.1, 0.15) is 65.2 Å². The van der Waals surface area contributed by atoms with E-state index in [1.54, 1.807) is 0 Å². The fraction of sp³-hybridized carbons (Fsp3) is 0.933. The van der Waals surface area contributed by atoms with E-state index in [0.29, 0.717) is 18.5 Å². The Morgan fingerprint density at radius 1 is 1.17 bits per heavy atom. The second-order valence-electron chi connectivity index (χ2n) is 6.11. The Labute approximate surface area is 111 Å². The molecule has 0 aromatic heterocycles. The zero-order valence-electron chi connectivity index (χ0n) is 12.0. The van der Waals surface area contributed by atoms with E-state index in [2.05, 4.69) is 19.2 Å². The number of rotatable bonds is 6. The maximum Gasteiger partial charge on any atom is 0.307 e. The molecule has 0 spiro atoms. The third-order valence-electron chi connectivity index (χ3n) is 3.86. The minimum Gasteiger partial charge on any atom is -0.481 e. The van der Waals surface area contributed by atoms with Crippen LogP contribution >= 0.6 is 0 Å². The Morgan fingerprint density at radius 2 is 1.72 bits per heavy atom. The fourth-order valence-corrected chi connectivity index (χ4v) is 2.81. The maximum atomic E-state index is 11.2. The van der Waals surface area contributed by atoms with Gasteiger partial charge in [0.25, 0.3) is 0 Å². The topological polar surface area (TPSA) is 49.3 Å². The van der Waals surface area contributed by atoms with Gasteiger partial charge in [0.15, 0.2) is 0 Å². The predicted molar refractivity (Wildman–Crippen MR) is 74.7 cm³/mol. The Balaban J connectivity index is 2.32. The number of carboxylic acid groups (broad SMARTS) is 1. The monoisotopic (exact) mass is 255 g/mol. The molecule has 18 heavy (non-hydrogen) atoms. The first-order valence-corrected chi connectivity index (χ1v) is 7.55. The SMILES string of the molecule is CC(C)CC(CNC1CCCCCCC1)C(=O)O. The lowest BCUT2D eigenvalue weighted by Crippen LogP contribution is -2.37. The molecule has 0 aromatic rings. The summed E-state index contributed by atoms with van der Waals surface area (Å²) in [6, 6.07) is 0.541. The lowest BCUT2D eigenvalue weighted by atomic mass is 9.94. The number of carboxylic acids is 1. The van der Waals surface area contributed by atoms with Crippen molar-refractivity contribution in [2.24, 2.45) is 11.8 Å². The molecule has 1 saturated carbocycles. The van der Waals surface area contributed by atoms with Crippen molar-refractivity contribution < 1.29 is 9.90 Å². The molecule has 0 aromatic carbocycles. The Bertz CT molecular complexity index is 233. The molecule has 1 unspecified atom stereocenters. The first-order valence-electron chi connectivity index (χ1n) is 7.55. The van der Waals surface area contributed by atoms with Crippen LogP contribution < -0.4 is 5.32 Å². The average Bonchev–Trinajstić information content (AvgIpc) is 2.24. The van der Waals surface area contributed by atoms with Crippen LogP contribution in [0.15, 0.2) is 0 Å². The largest absolute Gasteiger partial charge is 0.481 e. The normalized spacial score (nSPS) is 20.4. The Hall–Kier alpha value is -0.570. The summed E-state index contributed by atoms with van der Waals surface area (Å²) in [5, 5.41) is 12.7. The molecular weight excluding hydrogens is 226 g/mol. The van der Waals surface area contributed by atoms with Crippen molar-refractivity contribution in [2.45, 2.75) is 71.3 Å². The van der Waals surface area contributed by atoms with Gasteiger partial charge < -0.3 is 10.4 Å². The predicted octanol–water partition coefficient (Wildman–Crippen LogP) is 3.44. The molecule has 106 valence electrons. The maximum absolute atomic E-state index is 11.2. The van der Waals surface area contributed by atoms with Crippen molar-refractivity contribution in [3.63, 3.8) is 0 Å². The first-order chi connectivity index (χ1) is 8.59. The van der Waals surface area contributed by atoms with Gasteiger partial charge in [-0.05, 0) is 25.2 Å². The Morgan fingerprint density at radius 3 is 2.22 bits per heavy atom. The van der Waals surface area contributed by atoms with Crippen LogP contribution in [-0.4, -0.2) is 23.7 Å². The highest BCUT2D eigenvalue weighted by Gasteiger charge is 2.20. The third-order valence-corrected chi connectivity index (χ3v) is 3.86. The molecule has 0 bridgehead atoms. The van der Waals surface area contributed by atoms with E-state index in [4.69, 9.17) is 0 Å². The molecule has 0 saturated heterocycles. The van der Waals surface area contributed by atoms with E-state index < -0.39 is 5.97 Å². The summed E-state index contributed by atoms with van der Waals surface area (Å²) in [5.41, 5.74) is 0. The standard InChI is InChI=1S/C15H29NO2/c1-12(2)10-13(15(17)18)11-16-14-8-6-4-3-5-7-9-14/h12-14,16H,3-11H2,1-2H3,(H,17,18). The molecule has 0 amide bonds. The molecule has 1 aliphatic rings. The number of hydrogen-bond acceptors (Lipinski definition) is 2. The highest BCUT2D eigenvalue weighted by molar-refractivity contribution is 5.70. The van der Waals surface area contributed by atoms with Crippen LogP contribution in [0.5, 0.6) is 0 Å². The van der Waals surface area contributed by atoms with Gasteiger partial charge in [0.2, 0.25) is 0 Å². The summed E-state index contributed by atoms with van der Waals surface area (Å²) >= 11 is 0. The zero-order valence-corrected chi connectivity index (χ0v) is 12.0. The molecule has 3 nitrogen and oxygen atoms in total. The number of nitrogens with one attached hydrogen (secondary N) is 1. The van der Waals surface area contributed by atoms with E-state index in [1.165, 1.54) is 44.9 Å². The van der Waals surface area contributed by atoms with Gasteiger partial charge in [-0.2, -0.15) is 0 Å². The summed E-state index contributed by atoms with van der Waals surface area (Å²) in [6.07, 6.45) is 9.84. The van der Waals surface area contributed by atoms with Crippen LogP contribution in [0.4, 0.5) is 0 Å². The summed E-state index contributed by atoms with van der Waals surface area (Å²) in [6.45, 7) is 4.82. The highest BCUT2D eigenvalue weighted by Crippen LogP contribution is 2.18. The number of aliphatic carboxylic acids is 1. The van der Waals surface area contributed by atoms with Crippen molar-refractivity contribution >= 4 is 5.97 Å². The third kappa shape index (κ3) is 6.39. The van der Waals surface area contributed by atoms with E-state index in [1.807, 2.05) is 0 Å². The number of hydrogen-bond donors (Lipinski definition) is 2. The van der Waals surface area contributed by atoms with Gasteiger partial charge in [-0.1, -0.05) is 46.0 Å². The van der Waals surface area contributed by atoms with Crippen LogP contribution in [0.25, 0.3) is 0 Å². The minimum atomic E-state index is -0.651. The summed E-state index contributed by atoms with van der Waals surface area (Å²) in [4.78, 5) is 11.2. The van der Waals surface area contributed by atoms with Gasteiger partial charge in [0.05, 0.1) is 5.92 Å². The van der Waals surface area contributed by atoms with Crippen LogP contribution in [0.2, 0.25) is 0 Å². The van der Waals surface area contributed by atoms with Crippen molar-refractivity contribution in [3.8, 4) is 0 Å². The molecule has 1 fully saturated rings. The van der Waals surface area contributed by atoms with Gasteiger partial charge in [-0.3, -0.25) is 4.79 Å². The van der Waals surface area contributed by atoms with Crippen LogP contribution in [0.3, 0.4) is 0 Å². The molecule has 1 atom stereocenters. The van der Waals surface area contributed by atoms with Gasteiger partial charge in [-0.25, -0.2) is 0 Å². The smallest absolute Gasteiger partial charge is 0.307 e. The summed E-state index contributed by atoms with van der Waals surface area (Å²) < 4.78 is 0. The van der Waals surface area contributed by atoms with E-state index >= 15 is 0 Å². The van der Waals surface area contributed by atoms with E-state index in [0.717, 1.165) is 6.42 Å². The molecule has 0 radical (unpaired) electrons. The summed E-state index contributed by atoms with van der Waals surface area (Å²) in [5.74, 6) is -0.428. The van der Waals surface area contributed by atoms with Crippen molar-refractivity contribution in [3.05, 3.63) is 0 Å². The van der Waals surface area contributed by atoms with Gasteiger partial charge in [0, 0.05) is 12.6 Å². The minimum absolute atomic E-state index is 0.226. The van der Waals surface area contributed by atoms with Crippen molar-refractivity contribution in [2.75, 3.05) is 6.54 Å². The lowest BCUT2D eigenvalue weighted by molar-refractivity contribution is -0.142. The van der Waals surface area contributed by atoms with E-state index in [-0.39, 0.29) is 5.92 Å². The molecule has 0 heterocycles. The Kier molecular flexibility index (Phi) is 7.33. The molecule has 1 rings (SSSR count). The van der Waals surface area contributed by atoms with Gasteiger partial charge in [-0.15, -0.1) is 0 Å². The highest BCUT2D eigenvalue weighted by atomic mass is 16.4. The molecule has 3 heteroatoms. The second kappa shape index (κ2) is 8.52. The van der Waals surface area contributed by atoms with E-state index in [9.17, 15) is 9.90 Å². The molecule has 0 aliphatic heterocycles. The first kappa shape index (κ1) is 15.5. The van der Waals surface area contributed by atoms with Crippen molar-refractivity contribution in [1.29, 1.82) is 0 Å². The fourth-order valence-electron chi connectivity index (χ4n) is 2.81. The van der Waals surface area contributed by atoms with Gasteiger partial charge in [0.1, 0.15) is 0 Å². The summed E-state index contributed by atoms with van der Waals surface area (Å²) in [7, 11) is 0.